The molecule has 2 unspecified atom stereocenters. The predicted molar refractivity (Wildman–Crippen MR) is 186 cm³/mol. The Labute approximate surface area is 304 Å². The number of aliphatic hydroxyl groups is 4. The molecule has 3 fully saturated rings. The van der Waals surface area contributed by atoms with E-state index in [0.717, 1.165) is 0 Å². The van der Waals surface area contributed by atoms with Crippen molar-refractivity contribution in [2.24, 2.45) is 23.7 Å². The Bertz CT molecular complexity index is 1160. The first-order chi connectivity index (χ1) is 23.6. The van der Waals surface area contributed by atoms with Crippen molar-refractivity contribution in [3.05, 3.63) is 0 Å². The molecule has 0 radical (unpaired) electrons. The van der Waals surface area contributed by atoms with Crippen molar-refractivity contribution in [3.63, 3.8) is 0 Å². The zero-order chi connectivity index (χ0) is 38.8. The molecule has 0 saturated carbocycles. The summed E-state index contributed by atoms with van der Waals surface area (Å²) in [7, 11) is 4.75. The number of cyclic esters (lactones) is 1. The molecule has 14 nitrogen and oxygen atoms in total. The standard InChI is InChI=1S/C37H67NO13/c1-14-25-37(10,44)30(41)20(4)27(39)18(2)16-36(9,46-13)32(51-34-28(40)24(38-11)15-19(3)47-34)21(5)29(22(6)33(43)49-25)50-26-17-35(8,45-12)31(42)23(7)48-26/h18-26,28-32,34,38,40-42,44H,14-17H2,1-13H3/t18-,19-,20+,21+,22-,23+,24+,25?,26+,28-,29?,30-,31+,32-,34+,35-,36-,37-/m1/s1. The molecule has 14 heteroatoms. The fraction of sp³-hybridized carbons (Fsp3) is 0.946. The van der Waals surface area contributed by atoms with Crippen LogP contribution in [-0.2, 0) is 42.7 Å². The molecule has 18 atom stereocenters. The SMILES string of the molecule is CCC1OC(=O)[C@H](C)C(O[C@H]2C[C@@](C)(OC)[C@@H](O)[C@H](C)O2)[C@H](C)[C@@H](O[C@@H]2O[C@H](C)C[C@H](NC)[C@H]2O)[C@](C)(OC)C[C@@H](C)C(=O)[C@H](C)[C@@H](O)[C@]1(C)O. The lowest BCUT2D eigenvalue weighted by Crippen LogP contribution is -2.61. The number of aliphatic hydroxyl groups excluding tert-OH is 3. The summed E-state index contributed by atoms with van der Waals surface area (Å²) in [5.41, 5.74) is -4.24. The Morgan fingerprint density at radius 2 is 1.47 bits per heavy atom. The number of carbonyl (C=O) groups excluding carboxylic acids is 2. The Morgan fingerprint density at radius 1 is 0.863 bits per heavy atom. The number of hydrogen-bond acceptors (Lipinski definition) is 14. The van der Waals surface area contributed by atoms with E-state index in [1.807, 2.05) is 13.8 Å². The van der Waals surface area contributed by atoms with Crippen LogP contribution in [0.4, 0.5) is 0 Å². The van der Waals surface area contributed by atoms with Gasteiger partial charge in [-0.25, -0.2) is 0 Å². The Hall–Kier alpha value is -1.30. The van der Waals surface area contributed by atoms with Gasteiger partial charge >= 0.3 is 5.97 Å². The molecule has 0 aromatic rings. The maximum absolute atomic E-state index is 14.1. The van der Waals surface area contributed by atoms with Crippen LogP contribution in [0.5, 0.6) is 0 Å². The molecule has 298 valence electrons. The first-order valence-electron chi connectivity index (χ1n) is 18.5. The van der Waals surface area contributed by atoms with Crippen LogP contribution in [0, 0.1) is 23.7 Å². The third-order valence-electron chi connectivity index (χ3n) is 12.0. The second kappa shape index (κ2) is 17.4. The van der Waals surface area contributed by atoms with Gasteiger partial charge < -0.3 is 58.9 Å². The minimum atomic E-state index is -1.96. The maximum Gasteiger partial charge on any atom is 0.311 e. The fourth-order valence-electron chi connectivity index (χ4n) is 8.38. The lowest BCUT2D eigenvalue weighted by molar-refractivity contribution is -0.317. The molecule has 0 amide bonds. The number of rotatable bonds is 8. The zero-order valence-electron chi connectivity index (χ0n) is 33.0. The molecule has 0 aromatic heterocycles. The zero-order valence-corrected chi connectivity index (χ0v) is 33.0. The van der Waals surface area contributed by atoms with Gasteiger partial charge in [0.05, 0.1) is 47.6 Å². The number of nitrogens with one attached hydrogen (secondary N) is 1. The largest absolute Gasteiger partial charge is 0.459 e. The first kappa shape index (κ1) is 44.1. The van der Waals surface area contributed by atoms with Crippen molar-refractivity contribution in [3.8, 4) is 0 Å². The molecular formula is C37H67NO13. The highest BCUT2D eigenvalue weighted by Crippen LogP contribution is 2.41. The number of Topliss-reactive ketones (excluding diaryl/α,β-unsaturated/α-hetero) is 1. The van der Waals surface area contributed by atoms with Crippen LogP contribution in [0.2, 0.25) is 0 Å². The monoisotopic (exact) mass is 733 g/mol. The molecule has 3 aliphatic rings. The molecule has 3 heterocycles. The third-order valence-corrected chi connectivity index (χ3v) is 12.0. The molecule has 0 bridgehead atoms. The molecule has 51 heavy (non-hydrogen) atoms. The molecule has 0 aromatic carbocycles. The van der Waals surface area contributed by atoms with E-state index in [2.05, 4.69) is 5.32 Å². The summed E-state index contributed by atoms with van der Waals surface area (Å²) in [6, 6.07) is -0.334. The number of esters is 1. The number of likely N-dealkylation sites (N-methyl/N-ethyl adjacent to an activating group) is 1. The highest BCUT2D eigenvalue weighted by atomic mass is 16.7. The highest BCUT2D eigenvalue weighted by Gasteiger charge is 2.54. The van der Waals surface area contributed by atoms with Crippen LogP contribution >= 0.6 is 0 Å². The van der Waals surface area contributed by atoms with Gasteiger partial charge in [0.15, 0.2) is 12.6 Å². The summed E-state index contributed by atoms with van der Waals surface area (Å²) < 4.78 is 43.7. The summed E-state index contributed by atoms with van der Waals surface area (Å²) in [6.07, 6.45) is -8.78. The number of hydrogen-bond donors (Lipinski definition) is 5. The molecule has 3 rings (SSSR count). The van der Waals surface area contributed by atoms with Gasteiger partial charge in [-0.1, -0.05) is 27.7 Å². The van der Waals surface area contributed by atoms with Gasteiger partial charge in [-0.3, -0.25) is 9.59 Å². The van der Waals surface area contributed by atoms with Gasteiger partial charge in [0.1, 0.15) is 29.7 Å². The summed E-state index contributed by atoms with van der Waals surface area (Å²) >= 11 is 0. The van der Waals surface area contributed by atoms with E-state index in [1.54, 1.807) is 55.5 Å². The van der Waals surface area contributed by atoms with Crippen molar-refractivity contribution in [1.29, 1.82) is 0 Å². The minimum absolute atomic E-state index is 0.109. The van der Waals surface area contributed by atoms with E-state index in [0.29, 0.717) is 6.42 Å². The second-order valence-electron chi connectivity index (χ2n) is 16.0. The van der Waals surface area contributed by atoms with Gasteiger partial charge in [-0.2, -0.15) is 0 Å². The van der Waals surface area contributed by atoms with E-state index < -0.39 is 102 Å². The van der Waals surface area contributed by atoms with E-state index in [9.17, 15) is 30.0 Å². The number of ether oxygens (including phenoxy) is 7. The first-order valence-corrected chi connectivity index (χ1v) is 18.5. The van der Waals surface area contributed by atoms with Crippen LogP contribution in [0.25, 0.3) is 0 Å². The molecular weight excluding hydrogens is 666 g/mol. The Morgan fingerprint density at radius 3 is 2.02 bits per heavy atom. The van der Waals surface area contributed by atoms with Gasteiger partial charge in [0, 0.05) is 44.4 Å². The van der Waals surface area contributed by atoms with Crippen LogP contribution in [0.3, 0.4) is 0 Å². The third kappa shape index (κ3) is 9.33. The molecule has 0 spiro atoms. The predicted octanol–water partition coefficient (Wildman–Crippen LogP) is 2.10. The normalized spacial score (nSPS) is 49.6. The van der Waals surface area contributed by atoms with Crippen LogP contribution in [0.15, 0.2) is 0 Å². The maximum atomic E-state index is 14.1. The van der Waals surface area contributed by atoms with Crippen molar-refractivity contribution < 1.29 is 63.2 Å². The van der Waals surface area contributed by atoms with Gasteiger partial charge in [-0.15, -0.1) is 0 Å². The molecule has 3 saturated heterocycles. The van der Waals surface area contributed by atoms with Crippen molar-refractivity contribution >= 4 is 11.8 Å². The summed E-state index contributed by atoms with van der Waals surface area (Å²) in [6.45, 7) is 17.0. The fourth-order valence-corrected chi connectivity index (χ4v) is 8.38. The topological polar surface area (TPSA) is 192 Å². The highest BCUT2D eigenvalue weighted by molar-refractivity contribution is 5.83. The molecule has 5 N–H and O–H groups in total. The Kier molecular flexibility index (Phi) is 15.1. The van der Waals surface area contributed by atoms with Crippen LogP contribution in [0.1, 0.15) is 94.9 Å². The van der Waals surface area contributed by atoms with Gasteiger partial charge in [0.25, 0.3) is 0 Å². The van der Waals surface area contributed by atoms with E-state index in [1.165, 1.54) is 21.1 Å². The number of ketones is 1. The second-order valence-corrected chi connectivity index (χ2v) is 16.0. The van der Waals surface area contributed by atoms with Crippen molar-refractivity contribution in [2.75, 3.05) is 21.3 Å². The summed E-state index contributed by atoms with van der Waals surface area (Å²) in [4.78, 5) is 28.1. The minimum Gasteiger partial charge on any atom is -0.459 e. The lowest BCUT2D eigenvalue weighted by Gasteiger charge is -2.49. The van der Waals surface area contributed by atoms with Gasteiger partial charge in [0.2, 0.25) is 0 Å². The van der Waals surface area contributed by atoms with Crippen molar-refractivity contribution in [2.45, 2.75) is 179 Å². The van der Waals surface area contributed by atoms with Gasteiger partial charge in [-0.05, 0) is 67.9 Å². The van der Waals surface area contributed by atoms with E-state index >= 15 is 0 Å². The van der Waals surface area contributed by atoms with Crippen LogP contribution in [-0.4, -0.2) is 138 Å². The quantitative estimate of drug-likeness (QED) is 0.228. The summed E-state index contributed by atoms with van der Waals surface area (Å²) in [5.74, 6) is -4.47. The average Bonchev–Trinajstić information content (AvgIpc) is 3.09. The van der Waals surface area contributed by atoms with Crippen molar-refractivity contribution in [1.82, 2.24) is 5.32 Å². The number of methoxy groups -OCH3 is 2. The van der Waals surface area contributed by atoms with Crippen LogP contribution < -0.4 is 5.32 Å². The Balaban J connectivity index is 2.21. The van der Waals surface area contributed by atoms with E-state index in [-0.39, 0.29) is 37.2 Å². The molecule has 0 aliphatic carbocycles. The smallest absolute Gasteiger partial charge is 0.311 e. The summed E-state index contributed by atoms with van der Waals surface area (Å²) in [5, 5.41) is 48.4. The average molecular weight is 734 g/mol. The lowest BCUT2D eigenvalue weighted by atomic mass is 9.74. The number of carbonyl (C=O) groups is 2. The molecule has 3 aliphatic heterocycles. The van der Waals surface area contributed by atoms with E-state index in [4.69, 9.17) is 33.2 Å².